The number of H-pyrrole nitrogens is 1. The number of hydrogen-bond acceptors (Lipinski definition) is 6. The van der Waals surface area contributed by atoms with E-state index in [2.05, 4.69) is 41.5 Å². The predicted octanol–water partition coefficient (Wildman–Crippen LogP) is 2.75. The summed E-state index contributed by atoms with van der Waals surface area (Å²) in [4.78, 5) is 15.9. The Kier molecular flexibility index (Phi) is 3.55. The Morgan fingerprint density at radius 3 is 3.00 bits per heavy atom. The van der Waals surface area contributed by atoms with Gasteiger partial charge in [-0.15, -0.1) is 10.2 Å². The van der Waals surface area contributed by atoms with Gasteiger partial charge in [0.15, 0.2) is 11.3 Å². The van der Waals surface area contributed by atoms with Gasteiger partial charge >= 0.3 is 0 Å². The van der Waals surface area contributed by atoms with Gasteiger partial charge in [0.25, 0.3) is 0 Å². The topological polar surface area (TPSA) is 93.9 Å². The van der Waals surface area contributed by atoms with Crippen LogP contribution in [-0.2, 0) is 0 Å². The molecule has 1 aliphatic rings. The SMILES string of the molecule is CC[C@H]1C[C@@H](Oc2cnccn2)C[C@H]1c1nnc2cnc3[nH]ccc3n12. The summed E-state index contributed by atoms with van der Waals surface area (Å²) in [6, 6.07) is 2.02. The smallest absolute Gasteiger partial charge is 0.232 e. The lowest BCUT2D eigenvalue weighted by atomic mass is 9.93. The molecule has 26 heavy (non-hydrogen) atoms. The maximum absolute atomic E-state index is 6.07. The van der Waals surface area contributed by atoms with E-state index in [0.717, 1.165) is 41.9 Å². The summed E-state index contributed by atoms with van der Waals surface area (Å²) in [6.45, 7) is 2.22. The van der Waals surface area contributed by atoms with Crippen LogP contribution in [0.4, 0.5) is 0 Å². The van der Waals surface area contributed by atoms with Crippen LogP contribution in [0.1, 0.15) is 37.9 Å². The molecule has 1 saturated carbocycles. The molecule has 0 bridgehead atoms. The molecule has 0 unspecified atom stereocenters. The van der Waals surface area contributed by atoms with Crippen LogP contribution in [0, 0.1) is 5.92 Å². The van der Waals surface area contributed by atoms with Gasteiger partial charge in [-0.3, -0.25) is 9.38 Å². The van der Waals surface area contributed by atoms with E-state index < -0.39 is 0 Å². The van der Waals surface area contributed by atoms with Gasteiger partial charge in [-0.1, -0.05) is 13.3 Å². The Labute approximate surface area is 149 Å². The molecule has 4 aromatic heterocycles. The molecule has 0 aliphatic heterocycles. The third-order valence-electron chi connectivity index (χ3n) is 5.30. The highest BCUT2D eigenvalue weighted by Gasteiger charge is 2.38. The van der Waals surface area contributed by atoms with Gasteiger partial charge in [0, 0.05) is 24.5 Å². The van der Waals surface area contributed by atoms with Gasteiger partial charge in [0.05, 0.1) is 17.9 Å². The molecule has 4 heterocycles. The van der Waals surface area contributed by atoms with E-state index in [1.807, 2.05) is 12.3 Å². The molecule has 1 aliphatic carbocycles. The summed E-state index contributed by atoms with van der Waals surface area (Å²) >= 11 is 0. The zero-order chi connectivity index (χ0) is 17.5. The molecule has 0 spiro atoms. The molecule has 1 fully saturated rings. The summed E-state index contributed by atoms with van der Waals surface area (Å²) in [5, 5.41) is 8.87. The lowest BCUT2D eigenvalue weighted by Gasteiger charge is -2.15. The van der Waals surface area contributed by atoms with E-state index in [9.17, 15) is 0 Å². The maximum Gasteiger partial charge on any atom is 0.232 e. The highest BCUT2D eigenvalue weighted by molar-refractivity contribution is 5.74. The number of aromatic nitrogens is 7. The molecule has 3 atom stereocenters. The van der Waals surface area contributed by atoms with E-state index in [4.69, 9.17) is 4.74 Å². The van der Waals surface area contributed by atoms with Crippen molar-refractivity contribution in [2.24, 2.45) is 5.92 Å². The minimum absolute atomic E-state index is 0.109. The normalized spacial score (nSPS) is 23.0. The van der Waals surface area contributed by atoms with Gasteiger partial charge in [0.1, 0.15) is 11.9 Å². The fraction of sp³-hybridized carbons (Fsp3) is 0.389. The Hall–Kier alpha value is -3.03. The first kappa shape index (κ1) is 15.2. The molecule has 1 N–H and O–H groups in total. The summed E-state index contributed by atoms with van der Waals surface area (Å²) in [7, 11) is 0. The third kappa shape index (κ3) is 2.40. The Morgan fingerprint density at radius 1 is 1.19 bits per heavy atom. The number of fused-ring (bicyclic) bond motifs is 3. The van der Waals surface area contributed by atoms with Gasteiger partial charge in [0.2, 0.25) is 5.88 Å². The standard InChI is InChI=1S/C18H19N7O/c1-2-11-7-12(26-16-10-19-5-6-20-16)8-13(11)18-24-23-15-9-22-17-14(25(15)18)3-4-21-17/h3-6,9-13,21H,2,7-8H2,1H3/t11-,12+,13+/m0/s1. The Morgan fingerprint density at radius 2 is 2.15 bits per heavy atom. The molecule has 132 valence electrons. The van der Waals surface area contributed by atoms with Crippen molar-refractivity contribution in [2.75, 3.05) is 0 Å². The van der Waals surface area contributed by atoms with Crippen molar-refractivity contribution >= 4 is 16.8 Å². The molecule has 5 rings (SSSR count). The zero-order valence-corrected chi connectivity index (χ0v) is 14.4. The van der Waals surface area contributed by atoms with Crippen molar-refractivity contribution in [3.8, 4) is 5.88 Å². The molecular weight excluding hydrogens is 330 g/mol. The van der Waals surface area contributed by atoms with Crippen molar-refractivity contribution in [1.29, 1.82) is 0 Å². The quantitative estimate of drug-likeness (QED) is 0.609. The minimum Gasteiger partial charge on any atom is -0.473 e. The number of ether oxygens (including phenoxy) is 1. The van der Waals surface area contributed by atoms with Crippen LogP contribution in [0.5, 0.6) is 5.88 Å². The third-order valence-corrected chi connectivity index (χ3v) is 5.30. The number of nitrogens with one attached hydrogen (secondary N) is 1. The highest BCUT2D eigenvalue weighted by Crippen LogP contribution is 2.42. The van der Waals surface area contributed by atoms with Crippen molar-refractivity contribution in [2.45, 2.75) is 38.2 Å². The largest absolute Gasteiger partial charge is 0.473 e. The second kappa shape index (κ2) is 6.05. The van der Waals surface area contributed by atoms with E-state index >= 15 is 0 Å². The second-order valence-electron chi connectivity index (χ2n) is 6.75. The first-order valence-electron chi connectivity index (χ1n) is 8.93. The molecule has 8 nitrogen and oxygen atoms in total. The highest BCUT2D eigenvalue weighted by atomic mass is 16.5. The van der Waals surface area contributed by atoms with E-state index in [1.165, 1.54) is 0 Å². The summed E-state index contributed by atoms with van der Waals surface area (Å²) in [5.74, 6) is 2.35. The first-order valence-corrected chi connectivity index (χ1v) is 8.93. The van der Waals surface area contributed by atoms with Crippen LogP contribution in [0.2, 0.25) is 0 Å². The van der Waals surface area contributed by atoms with Crippen LogP contribution in [0.15, 0.2) is 37.1 Å². The van der Waals surface area contributed by atoms with Gasteiger partial charge in [-0.2, -0.15) is 0 Å². The van der Waals surface area contributed by atoms with Crippen LogP contribution in [0.3, 0.4) is 0 Å². The molecule has 0 saturated heterocycles. The van der Waals surface area contributed by atoms with E-state index in [0.29, 0.717) is 11.8 Å². The summed E-state index contributed by atoms with van der Waals surface area (Å²) in [6.07, 6.45) is 11.7. The van der Waals surface area contributed by atoms with Crippen molar-refractivity contribution in [3.05, 3.63) is 42.9 Å². The van der Waals surface area contributed by atoms with Crippen LogP contribution < -0.4 is 4.74 Å². The lowest BCUT2D eigenvalue weighted by Crippen LogP contribution is -2.13. The maximum atomic E-state index is 6.07. The fourth-order valence-corrected chi connectivity index (χ4v) is 4.09. The zero-order valence-electron chi connectivity index (χ0n) is 14.4. The lowest BCUT2D eigenvalue weighted by molar-refractivity contribution is 0.194. The number of hydrogen-bond donors (Lipinski definition) is 1. The summed E-state index contributed by atoms with van der Waals surface area (Å²) < 4.78 is 8.19. The van der Waals surface area contributed by atoms with Crippen LogP contribution in [-0.4, -0.2) is 40.6 Å². The molecule has 8 heteroatoms. The Balaban J connectivity index is 1.51. The molecular formula is C18H19N7O. The number of rotatable bonds is 4. The predicted molar refractivity (Wildman–Crippen MR) is 94.8 cm³/mol. The molecule has 0 radical (unpaired) electrons. The van der Waals surface area contributed by atoms with Gasteiger partial charge in [-0.05, 0) is 24.8 Å². The molecule has 0 aromatic carbocycles. The van der Waals surface area contributed by atoms with Gasteiger partial charge < -0.3 is 9.72 Å². The molecule has 4 aromatic rings. The monoisotopic (exact) mass is 349 g/mol. The fourth-order valence-electron chi connectivity index (χ4n) is 4.09. The second-order valence-corrected chi connectivity index (χ2v) is 6.75. The summed E-state index contributed by atoms with van der Waals surface area (Å²) in [5.41, 5.74) is 2.63. The van der Waals surface area contributed by atoms with Crippen molar-refractivity contribution in [3.63, 3.8) is 0 Å². The van der Waals surface area contributed by atoms with E-state index in [-0.39, 0.29) is 12.0 Å². The number of nitrogens with zero attached hydrogens (tertiary/aromatic N) is 6. The van der Waals surface area contributed by atoms with Crippen LogP contribution in [0.25, 0.3) is 16.8 Å². The minimum atomic E-state index is 0.109. The van der Waals surface area contributed by atoms with Crippen molar-refractivity contribution < 1.29 is 4.74 Å². The first-order chi connectivity index (χ1) is 12.8. The average molecular weight is 349 g/mol. The van der Waals surface area contributed by atoms with E-state index in [1.54, 1.807) is 24.8 Å². The number of aromatic amines is 1. The molecule has 0 amide bonds. The van der Waals surface area contributed by atoms with Crippen LogP contribution >= 0.6 is 0 Å². The Bertz CT molecular complexity index is 1040. The average Bonchev–Trinajstić information content (AvgIpc) is 3.39. The van der Waals surface area contributed by atoms with Crippen molar-refractivity contribution in [1.82, 2.24) is 34.5 Å². The van der Waals surface area contributed by atoms with Gasteiger partial charge in [-0.25, -0.2) is 9.97 Å².